The van der Waals surface area contributed by atoms with Crippen LogP contribution in [0.4, 0.5) is 28.8 Å². The van der Waals surface area contributed by atoms with Crippen LogP contribution in [0, 0.1) is 0 Å². The molecule has 17 heteroatoms. The highest BCUT2D eigenvalue weighted by Crippen LogP contribution is 2.40. The van der Waals surface area contributed by atoms with E-state index in [1.54, 1.807) is 31.5 Å². The number of piperazine rings is 1. The Morgan fingerprint density at radius 1 is 0.891 bits per heavy atom. The summed E-state index contributed by atoms with van der Waals surface area (Å²) in [5.74, 6) is 1.37. The number of aromatic nitrogens is 2. The van der Waals surface area contributed by atoms with Gasteiger partial charge in [-0.05, 0) is 86.5 Å². The highest BCUT2D eigenvalue weighted by molar-refractivity contribution is 7.70. The number of hydrogen-bond acceptors (Lipinski definition) is 13. The largest absolute Gasteiger partial charge is 0.494 e. The van der Waals surface area contributed by atoms with Gasteiger partial charge in [-0.3, -0.25) is 29.5 Å². The summed E-state index contributed by atoms with van der Waals surface area (Å²) in [6.07, 6.45) is 7.30. The molecule has 5 aliphatic rings. The number of benzene rings is 3. The first-order chi connectivity index (χ1) is 30.8. The maximum absolute atomic E-state index is 13.1. The molecule has 4 fully saturated rings. The van der Waals surface area contributed by atoms with Gasteiger partial charge < -0.3 is 34.5 Å². The third-order valence-corrected chi connectivity index (χ3v) is 15.4. The molecule has 9 rings (SSSR count). The van der Waals surface area contributed by atoms with Crippen molar-refractivity contribution < 1.29 is 28.4 Å². The number of halogens is 1. The fourth-order valence-electron chi connectivity index (χ4n) is 9.96. The van der Waals surface area contributed by atoms with Crippen LogP contribution >= 0.6 is 18.7 Å². The minimum atomic E-state index is -2.56. The molecule has 0 bridgehead atoms. The van der Waals surface area contributed by atoms with Crippen LogP contribution in [-0.4, -0.2) is 126 Å². The van der Waals surface area contributed by atoms with Crippen molar-refractivity contribution in [1.29, 1.82) is 0 Å². The number of aryl methyl sites for hydroxylation is 1. The van der Waals surface area contributed by atoms with E-state index in [2.05, 4.69) is 54.7 Å². The summed E-state index contributed by atoms with van der Waals surface area (Å²) in [4.78, 5) is 55.7. The third-order valence-electron chi connectivity index (χ3n) is 13.6. The van der Waals surface area contributed by atoms with Gasteiger partial charge in [0.1, 0.15) is 35.8 Å². The number of carbonyl (C=O) groups excluding carboxylic acids is 3. The van der Waals surface area contributed by atoms with Crippen molar-refractivity contribution in [3.63, 3.8) is 0 Å². The number of nitrogens with one attached hydrogen (secondary N) is 3. The summed E-state index contributed by atoms with van der Waals surface area (Å²) >= 11 is 6.54. The summed E-state index contributed by atoms with van der Waals surface area (Å²) in [5.41, 5.74) is 5.32. The molecule has 4 aliphatic heterocycles. The zero-order valence-corrected chi connectivity index (χ0v) is 38.6. The normalized spacial score (nSPS) is 22.2. The minimum Gasteiger partial charge on any atom is -0.494 e. The Labute approximate surface area is 379 Å². The fourth-order valence-corrected chi connectivity index (χ4v) is 11.3. The molecule has 3 amide bonds. The Morgan fingerprint density at radius 3 is 2.33 bits per heavy atom. The predicted molar refractivity (Wildman–Crippen MR) is 250 cm³/mol. The van der Waals surface area contributed by atoms with E-state index in [9.17, 15) is 18.9 Å². The number of ether oxygens (including phenoxy) is 2. The van der Waals surface area contributed by atoms with Crippen molar-refractivity contribution >= 4 is 70.6 Å². The van der Waals surface area contributed by atoms with Gasteiger partial charge in [0.25, 0.3) is 5.91 Å². The molecule has 15 nitrogen and oxygen atoms in total. The summed E-state index contributed by atoms with van der Waals surface area (Å²) in [7, 11) is -0.877. The van der Waals surface area contributed by atoms with E-state index in [0.717, 1.165) is 93.7 Å². The molecule has 3 aromatic carbocycles. The highest BCUT2D eigenvalue weighted by Gasteiger charge is 2.41. The van der Waals surface area contributed by atoms with Gasteiger partial charge in [0.05, 0.1) is 24.7 Å². The first-order valence-corrected chi connectivity index (χ1v) is 25.4. The van der Waals surface area contributed by atoms with Crippen molar-refractivity contribution in [3.8, 4) is 11.5 Å². The van der Waals surface area contributed by atoms with E-state index in [-0.39, 0.29) is 24.3 Å². The summed E-state index contributed by atoms with van der Waals surface area (Å²) < 4.78 is 25.3. The molecule has 4 aromatic rings. The Kier molecular flexibility index (Phi) is 12.6. The molecule has 3 N–H and O–H groups in total. The average Bonchev–Trinajstić information content (AvgIpc) is 3.60. The summed E-state index contributed by atoms with van der Waals surface area (Å²) in [5, 5.41) is 10.1. The van der Waals surface area contributed by atoms with Crippen molar-refractivity contribution in [2.75, 3.05) is 75.2 Å². The van der Waals surface area contributed by atoms with Crippen LogP contribution in [0.1, 0.15) is 66.9 Å². The van der Waals surface area contributed by atoms with Crippen LogP contribution in [0.3, 0.4) is 0 Å². The number of para-hydroxylation sites is 1. The second kappa shape index (κ2) is 18.3. The number of methoxy groups -OCH3 is 1. The van der Waals surface area contributed by atoms with Crippen molar-refractivity contribution in [1.82, 2.24) is 30.0 Å². The molecular formula is C47H57ClN9O6P. The second-order valence-corrected chi connectivity index (χ2v) is 21.5. The van der Waals surface area contributed by atoms with E-state index in [1.165, 1.54) is 11.3 Å². The lowest BCUT2D eigenvalue weighted by Gasteiger charge is -2.48. The van der Waals surface area contributed by atoms with Gasteiger partial charge in [-0.1, -0.05) is 30.7 Å². The zero-order chi connectivity index (χ0) is 44.7. The third kappa shape index (κ3) is 9.18. The molecule has 1 aromatic heterocycles. The molecular weight excluding hydrogens is 853 g/mol. The van der Waals surface area contributed by atoms with Gasteiger partial charge >= 0.3 is 0 Å². The fraction of sp³-hybridized carbons (Fsp3) is 0.468. The number of fused-ring (bicyclic) bond motifs is 1. The average molecular weight is 910 g/mol. The zero-order valence-electron chi connectivity index (χ0n) is 36.9. The van der Waals surface area contributed by atoms with Gasteiger partial charge in [0.2, 0.25) is 17.8 Å². The SMILES string of the molecule is CCc1cc(Nc2ncc(Cl)c(Nc3ccccc3P(C)(C)=O)n2)c(OC)cc1N1CCC(N2CCN(C3CC(Oc4ccc5c(c4)CN(C4CCC(=O)NC4=O)C5=O)C3)CC2)CC1. The van der Waals surface area contributed by atoms with Crippen molar-refractivity contribution in [3.05, 3.63) is 82.5 Å². The molecule has 1 atom stereocenters. The smallest absolute Gasteiger partial charge is 0.255 e. The van der Waals surface area contributed by atoms with Crippen LogP contribution in [0.25, 0.3) is 0 Å². The van der Waals surface area contributed by atoms with E-state index in [4.69, 9.17) is 26.1 Å². The monoisotopic (exact) mass is 909 g/mol. The molecule has 0 radical (unpaired) electrons. The first kappa shape index (κ1) is 44.0. The Morgan fingerprint density at radius 2 is 1.62 bits per heavy atom. The quantitative estimate of drug-likeness (QED) is 0.100. The molecule has 1 unspecified atom stereocenters. The lowest BCUT2D eigenvalue weighted by atomic mass is 9.87. The number of carbonyl (C=O) groups is 3. The number of anilines is 5. The van der Waals surface area contributed by atoms with E-state index < -0.39 is 19.1 Å². The second-order valence-electron chi connectivity index (χ2n) is 17.9. The van der Waals surface area contributed by atoms with Gasteiger partial charge in [-0.15, -0.1) is 0 Å². The van der Waals surface area contributed by atoms with Crippen LogP contribution in [0.5, 0.6) is 11.5 Å². The summed E-state index contributed by atoms with van der Waals surface area (Å²) in [6.45, 7) is 12.2. The molecule has 0 spiro atoms. The van der Waals surface area contributed by atoms with Crippen molar-refractivity contribution in [2.45, 2.75) is 82.6 Å². The summed E-state index contributed by atoms with van der Waals surface area (Å²) in [6, 6.07) is 17.8. The van der Waals surface area contributed by atoms with Crippen LogP contribution in [0.15, 0.2) is 60.8 Å². The van der Waals surface area contributed by atoms with Gasteiger partial charge in [0, 0.05) is 99.8 Å². The van der Waals surface area contributed by atoms with Crippen LogP contribution in [0.2, 0.25) is 5.02 Å². The molecule has 3 saturated heterocycles. The standard InChI is InChI=1S/C47H57ClN9O6P/c1-5-29-23-38(51-47-49-27-36(48)44(53-47)50-37-8-6-7-9-42(37)64(3,4)61)41(62-2)26-40(29)56-16-14-31(15-17-56)54-18-20-55(21-19-54)32-24-34(25-32)63-33-10-11-35-30(22-33)28-57(46(35)60)39-12-13-43(58)52-45(39)59/h6-11,22-23,26-27,31-32,34,39H,5,12-21,24-25,28H2,1-4H3,(H,52,58,59)(H2,49,50,51,53). The van der Waals surface area contributed by atoms with Crippen LogP contribution in [-0.2, 0) is 27.1 Å². The Hall–Kier alpha value is -5.21. The number of piperidine rings is 2. The molecule has 1 saturated carbocycles. The lowest BCUT2D eigenvalue weighted by Crippen LogP contribution is -2.58. The van der Waals surface area contributed by atoms with E-state index in [1.807, 2.05) is 42.5 Å². The molecule has 1 aliphatic carbocycles. The number of nitrogens with zero attached hydrogens (tertiary/aromatic N) is 6. The van der Waals surface area contributed by atoms with Gasteiger partial charge in [-0.2, -0.15) is 4.98 Å². The lowest BCUT2D eigenvalue weighted by molar-refractivity contribution is -0.136. The molecule has 64 heavy (non-hydrogen) atoms. The molecule has 338 valence electrons. The maximum Gasteiger partial charge on any atom is 0.255 e. The minimum absolute atomic E-state index is 0.139. The number of hydrogen-bond donors (Lipinski definition) is 3. The highest BCUT2D eigenvalue weighted by atomic mass is 35.5. The number of amides is 3. The predicted octanol–water partition coefficient (Wildman–Crippen LogP) is 6.39. The Balaban J connectivity index is 0.749. The number of imide groups is 1. The van der Waals surface area contributed by atoms with Crippen molar-refractivity contribution in [2.24, 2.45) is 0 Å². The number of rotatable bonds is 13. The topological polar surface area (TPSA) is 162 Å². The maximum atomic E-state index is 13.1. The van der Waals surface area contributed by atoms with Crippen LogP contribution < -0.4 is 35.6 Å². The van der Waals surface area contributed by atoms with Gasteiger partial charge in [-0.25, -0.2) is 4.98 Å². The van der Waals surface area contributed by atoms with Gasteiger partial charge in [0.15, 0.2) is 5.82 Å². The first-order valence-electron chi connectivity index (χ1n) is 22.4. The van der Waals surface area contributed by atoms with E-state index in [0.29, 0.717) is 58.8 Å². The van der Waals surface area contributed by atoms with E-state index >= 15 is 0 Å². The molecule has 5 heterocycles. The Bertz CT molecular complexity index is 2480.